The Morgan fingerprint density at radius 1 is 0.350 bits per heavy atom. The summed E-state index contributed by atoms with van der Waals surface area (Å²) >= 11 is 7.76. The van der Waals surface area contributed by atoms with Crippen LogP contribution in [0.15, 0.2) is 341 Å². The van der Waals surface area contributed by atoms with Crippen LogP contribution in [0.2, 0.25) is 13.3 Å². The predicted octanol–water partition coefficient (Wildman–Crippen LogP) is 17.1. The number of nitrogens with zero attached hydrogens (tertiary/aromatic N) is 3. The molecule has 12 aromatic carbocycles. The minimum Gasteiger partial charge on any atom is -1.00 e. The van der Waals surface area contributed by atoms with Crippen LogP contribution in [-0.2, 0) is 9.68 Å². The van der Waals surface area contributed by atoms with E-state index in [2.05, 4.69) is 294 Å². The molecule has 8 nitrogen and oxygen atoms in total. The van der Waals surface area contributed by atoms with Crippen molar-refractivity contribution in [3.8, 4) is 22.3 Å². The Morgan fingerprint density at radius 3 is 0.770 bits per heavy atom. The molecule has 12 aromatic rings. The average molecular weight is 1640 g/mol. The molecule has 0 saturated heterocycles. The van der Waals surface area contributed by atoms with Gasteiger partial charge in [-0.3, -0.25) is 4.79 Å². The monoisotopic (exact) mass is 1640 g/mol. The molecular formula is C85H85BBr3N3Na2O5Sn. The van der Waals surface area contributed by atoms with Crippen LogP contribution in [0.25, 0.3) is 22.3 Å². The van der Waals surface area contributed by atoms with Crippen molar-refractivity contribution in [3.05, 3.63) is 341 Å². The predicted molar refractivity (Wildman–Crippen MR) is 426 cm³/mol. The third-order valence-electron chi connectivity index (χ3n) is 16.7. The Kier molecular flexibility index (Phi) is 37.7. The van der Waals surface area contributed by atoms with Crippen LogP contribution in [0.1, 0.15) is 60.7 Å². The summed E-state index contributed by atoms with van der Waals surface area (Å²) < 4.78 is 9.64. The van der Waals surface area contributed by atoms with Crippen molar-refractivity contribution in [1.29, 1.82) is 0 Å². The first-order chi connectivity index (χ1) is 48.0. The second-order valence-electron chi connectivity index (χ2n) is 23.4. The maximum atomic E-state index is 9.23. The summed E-state index contributed by atoms with van der Waals surface area (Å²) in [7, 11) is -1.45. The van der Waals surface area contributed by atoms with Gasteiger partial charge < -0.3 is 31.4 Å². The van der Waals surface area contributed by atoms with Crippen LogP contribution in [-0.4, -0.2) is 42.0 Å². The van der Waals surface area contributed by atoms with Gasteiger partial charge in [0.1, 0.15) is 0 Å². The zero-order chi connectivity index (χ0) is 69.2. The van der Waals surface area contributed by atoms with E-state index in [0.717, 1.165) is 47.5 Å². The number of hydrogen-bond acceptors (Lipinski definition) is 8. The van der Waals surface area contributed by atoms with Gasteiger partial charge in [0, 0.05) is 47.5 Å². The van der Waals surface area contributed by atoms with Crippen LogP contribution in [0.3, 0.4) is 0 Å². The number of carbonyl (C=O) groups excluding carboxylic acids is 1. The van der Waals surface area contributed by atoms with Crippen molar-refractivity contribution in [2.45, 2.75) is 72.6 Å². The van der Waals surface area contributed by atoms with Gasteiger partial charge >= 0.3 is 291 Å². The molecule has 0 saturated carbocycles. The summed E-state index contributed by atoms with van der Waals surface area (Å²) in [6.07, 6.45) is 8.20. The zero-order valence-corrected chi connectivity index (χ0v) is 69.4. The van der Waals surface area contributed by atoms with Gasteiger partial charge in [-0.1, -0.05) is 169 Å². The van der Waals surface area contributed by atoms with E-state index < -0.39 is 25.5 Å². The molecule has 0 unspecified atom stereocenters. The first-order valence-corrected chi connectivity index (χ1v) is 43.2. The van der Waals surface area contributed by atoms with Gasteiger partial charge in [-0.2, -0.15) is 0 Å². The molecular weight excluding hydrogens is 1560 g/mol. The van der Waals surface area contributed by atoms with Crippen molar-refractivity contribution in [3.63, 3.8) is 0 Å². The van der Waals surface area contributed by atoms with E-state index in [1.165, 1.54) is 91.2 Å². The van der Waals surface area contributed by atoms with E-state index in [0.29, 0.717) is 5.46 Å². The first-order valence-electron chi connectivity index (χ1n) is 33.3. The van der Waals surface area contributed by atoms with Crippen LogP contribution < -0.4 is 88.1 Å². The number of unbranched alkanes of at least 4 members (excludes halogenated alkanes) is 3. The molecule has 0 aliphatic rings. The molecule has 0 radical (unpaired) electrons. The van der Waals surface area contributed by atoms with E-state index in [-0.39, 0.29) is 67.0 Å². The molecule has 0 atom stereocenters. The Labute approximate surface area is 668 Å². The number of para-hydroxylation sites is 6. The topological polar surface area (TPSA) is 99.5 Å². The Balaban J connectivity index is 0.000000255. The summed E-state index contributed by atoms with van der Waals surface area (Å²) in [6.45, 7) is 6.90. The Bertz CT molecular complexity index is 4000. The number of rotatable bonds is 23. The van der Waals surface area contributed by atoms with E-state index in [1.807, 2.05) is 109 Å². The number of hydrogen-bond donors (Lipinski definition) is 2. The Hall–Kier alpha value is -6.31. The number of halogens is 3. The number of anilines is 9. The molecule has 15 heteroatoms. The van der Waals surface area contributed by atoms with Gasteiger partial charge in [0.2, 0.25) is 0 Å². The third kappa shape index (κ3) is 25.6. The van der Waals surface area contributed by atoms with Gasteiger partial charge in [0.25, 0.3) is 6.47 Å². The summed E-state index contributed by atoms with van der Waals surface area (Å²) in [5.74, 6) is 0. The number of benzene rings is 12. The molecule has 0 aromatic heterocycles. The third-order valence-corrected chi connectivity index (χ3v) is 33.9. The molecule has 0 fully saturated rings. The molecule has 2 N–H and O–H groups in total. The first kappa shape index (κ1) is 82.6. The van der Waals surface area contributed by atoms with Crippen molar-refractivity contribution >= 4 is 140 Å². The minimum absolute atomic E-state index is 0. The SMILES string of the molecule is Brc1ccc(-c2ccc(N(c3ccccc3)c3ccccc3)cc2)cc1.Brc1ccc(Br)cc1.CCC[CH2][Sn]([CH2]CCC)([CH2]CCC)[c]1ccc(-c2ccc(N(c3ccccc3)c3ccccc3)cc2)cc1.O=CO[O-].OB(O)c1ccc(N(c2ccccc2)c2ccccc2)cc1.[H-].[Na+].[Na+]. The summed E-state index contributed by atoms with van der Waals surface area (Å²) in [5, 5.41) is 26.9. The summed E-state index contributed by atoms with van der Waals surface area (Å²) in [6, 6.07) is 114. The Morgan fingerprint density at radius 2 is 0.550 bits per heavy atom. The van der Waals surface area contributed by atoms with Crippen molar-refractivity contribution in [1.82, 2.24) is 0 Å². The second kappa shape index (κ2) is 45.6. The molecule has 0 aliphatic carbocycles. The quantitative estimate of drug-likeness (QED) is 0.0283. The molecule has 0 heterocycles. The smallest absolute Gasteiger partial charge is 1.00 e. The summed E-state index contributed by atoms with van der Waals surface area (Å²) in [5.41, 5.74) is 15.5. The van der Waals surface area contributed by atoms with Gasteiger partial charge in [-0.05, 0) is 126 Å². The van der Waals surface area contributed by atoms with Crippen molar-refractivity contribution in [2.24, 2.45) is 0 Å². The molecule has 0 spiro atoms. The van der Waals surface area contributed by atoms with E-state index in [4.69, 9.17) is 10.1 Å². The maximum absolute atomic E-state index is 9.23. The van der Waals surface area contributed by atoms with Crippen molar-refractivity contribution in [2.75, 3.05) is 14.7 Å². The van der Waals surface area contributed by atoms with Crippen molar-refractivity contribution < 1.29 is 85.5 Å². The van der Waals surface area contributed by atoms with Gasteiger partial charge in [-0.15, -0.1) is 0 Å². The van der Waals surface area contributed by atoms with Crippen LogP contribution in [0.5, 0.6) is 0 Å². The molecule has 500 valence electrons. The number of carbonyl (C=O) groups is 1. The molecule has 0 aliphatic heterocycles. The fraction of sp³-hybridized carbons (Fsp3) is 0.141. The maximum Gasteiger partial charge on any atom is 1.00 e. The molecule has 0 bridgehead atoms. The standard InChI is InChI=1S/C24H18BrN.C24H18N.C18H16BNO2.C6H4Br2.3C4H9.CH2O3.2Na.Sn.H/c25-21-15-11-19(12-16-21)20-13-17-24(18-14-20)26(22-7-3-1-4-8-22)23-9-5-2-6-10-23;1-4-10-20(11-5-1)21-16-18-24(19-17-21)25(22-12-6-2-7-13-22)23-14-8-3-9-15-23;21-19(22)15-11-13-18(14-12-15)20(16-7-3-1-4-8-16)17-9-5-2-6-10-17;7-5-1-2-6(8)4-3-5;3*1-3-4-2;2-1-4-3;;;;/h1-18H;2-19H;1-14,21-22H;1-4H;3*1,3-4H2,2H3;1,3H;;;;/q;;;;;;;;2*+1;;-1/p-1. The fourth-order valence-corrected chi connectivity index (χ4v) is 28.4. The van der Waals surface area contributed by atoms with Crippen LogP contribution >= 0.6 is 47.8 Å². The molecule has 12 rings (SSSR count). The van der Waals surface area contributed by atoms with E-state index in [9.17, 15) is 10.0 Å². The van der Waals surface area contributed by atoms with Crippen LogP contribution in [0.4, 0.5) is 51.2 Å². The fourth-order valence-electron chi connectivity index (χ4n) is 11.6. The zero-order valence-electron chi connectivity index (χ0n) is 58.8. The second-order valence-corrected chi connectivity index (χ2v) is 39.4. The minimum atomic E-state index is -2.38. The molecule has 100 heavy (non-hydrogen) atoms. The van der Waals surface area contributed by atoms with Gasteiger partial charge in [0.15, 0.2) is 0 Å². The average Bonchev–Trinajstić information content (AvgIpc) is 0.835. The molecule has 0 amide bonds. The summed E-state index contributed by atoms with van der Waals surface area (Å²) in [4.78, 5) is 18.0. The van der Waals surface area contributed by atoms with Gasteiger partial charge in [0.05, 0.1) is 0 Å². The van der Waals surface area contributed by atoms with E-state index >= 15 is 0 Å². The largest absolute Gasteiger partial charge is 1.00 e. The van der Waals surface area contributed by atoms with Crippen LogP contribution in [0, 0.1) is 0 Å². The van der Waals surface area contributed by atoms with Gasteiger partial charge in [-0.25, -0.2) is 0 Å². The van der Waals surface area contributed by atoms with E-state index in [1.54, 1.807) is 15.7 Å². The normalized spacial score (nSPS) is 10.3.